The van der Waals surface area contributed by atoms with Gasteiger partial charge in [-0.15, -0.1) is 11.8 Å². The van der Waals surface area contributed by atoms with Crippen LogP contribution >= 0.6 is 11.8 Å². The zero-order chi connectivity index (χ0) is 18.1. The summed E-state index contributed by atoms with van der Waals surface area (Å²) < 4.78 is 23.0. The van der Waals surface area contributed by atoms with E-state index in [2.05, 4.69) is 5.32 Å². The molecule has 1 fully saturated rings. The Balaban J connectivity index is 1.76. The van der Waals surface area contributed by atoms with Gasteiger partial charge in [0.25, 0.3) is 5.69 Å². The molecule has 0 amide bonds. The van der Waals surface area contributed by atoms with E-state index in [1.54, 1.807) is 11.8 Å². The molecule has 25 heavy (non-hydrogen) atoms. The van der Waals surface area contributed by atoms with Crippen LogP contribution in [0.25, 0.3) is 0 Å². The number of hydrogen-bond acceptors (Lipinski definition) is 6. The molecule has 7 nitrogen and oxygen atoms in total. The van der Waals surface area contributed by atoms with Crippen LogP contribution in [0.3, 0.4) is 0 Å². The number of hydrogen-bond donors (Lipinski definition) is 2. The Morgan fingerprint density at radius 3 is 2.44 bits per heavy atom. The Bertz CT molecular complexity index is 897. The average molecular weight is 379 g/mol. The van der Waals surface area contributed by atoms with Crippen LogP contribution in [0, 0.1) is 10.1 Å². The topological polar surface area (TPSA) is 115 Å². The minimum absolute atomic E-state index is 0.127. The fraction of sp³-hybridized carbons (Fsp3) is 0.250. The molecule has 0 aliphatic heterocycles. The summed E-state index contributed by atoms with van der Waals surface area (Å²) in [4.78, 5) is 11.1. The van der Waals surface area contributed by atoms with Gasteiger partial charge >= 0.3 is 0 Å². The van der Waals surface area contributed by atoms with Crippen LogP contribution in [0.1, 0.15) is 12.8 Å². The van der Waals surface area contributed by atoms with Crippen LogP contribution in [-0.2, 0) is 10.0 Å². The van der Waals surface area contributed by atoms with Crippen LogP contribution in [0.5, 0.6) is 0 Å². The molecule has 0 atom stereocenters. The minimum atomic E-state index is -4.14. The molecular formula is C16H17N3O4S2. The minimum Gasteiger partial charge on any atom is -0.379 e. The summed E-state index contributed by atoms with van der Waals surface area (Å²) in [6, 6.07) is 13.9. The highest BCUT2D eigenvalue weighted by molar-refractivity contribution is 7.99. The Morgan fingerprint density at radius 1 is 1.20 bits per heavy atom. The second-order valence-corrected chi connectivity index (χ2v) is 8.57. The molecular weight excluding hydrogens is 362 g/mol. The molecule has 0 aromatic heterocycles. The first-order valence-corrected chi connectivity index (χ1v) is 10.1. The first-order valence-electron chi connectivity index (χ1n) is 7.56. The van der Waals surface area contributed by atoms with Crippen LogP contribution in [0.4, 0.5) is 11.4 Å². The van der Waals surface area contributed by atoms with Gasteiger partial charge in [-0.3, -0.25) is 10.1 Å². The third-order valence-corrected chi connectivity index (χ3v) is 6.24. The maximum absolute atomic E-state index is 11.5. The van der Waals surface area contributed by atoms with E-state index in [1.165, 1.54) is 18.2 Å². The number of nitrogens with one attached hydrogen (secondary N) is 1. The number of benzene rings is 2. The molecule has 3 N–H and O–H groups in total. The lowest BCUT2D eigenvalue weighted by atomic mass is 10.2. The molecule has 0 bridgehead atoms. The van der Waals surface area contributed by atoms with Crippen molar-refractivity contribution in [2.24, 2.45) is 5.14 Å². The molecule has 0 heterocycles. The number of nitrogens with two attached hydrogens (primary N) is 1. The fourth-order valence-electron chi connectivity index (χ4n) is 2.48. The molecule has 9 heteroatoms. The molecule has 0 unspecified atom stereocenters. The normalized spacial score (nSPS) is 15.6. The van der Waals surface area contributed by atoms with Gasteiger partial charge in [-0.05, 0) is 37.1 Å². The Labute approximate surface area is 149 Å². The SMILES string of the molecule is NS(=O)(=O)c1ccc(NC2(CSc3ccccc3)CC2)cc1[N+](=O)[O-]. The summed E-state index contributed by atoms with van der Waals surface area (Å²) in [7, 11) is -4.14. The molecule has 2 aromatic carbocycles. The summed E-state index contributed by atoms with van der Waals surface area (Å²) >= 11 is 1.71. The van der Waals surface area contributed by atoms with Crippen LogP contribution in [0.15, 0.2) is 58.3 Å². The summed E-state index contributed by atoms with van der Waals surface area (Å²) in [5, 5.41) is 19.5. The number of nitrogens with zero attached hydrogens (tertiary/aromatic N) is 1. The number of primary sulfonamides is 1. The van der Waals surface area contributed by atoms with Gasteiger partial charge in [0.15, 0.2) is 4.90 Å². The van der Waals surface area contributed by atoms with Crippen molar-refractivity contribution in [3.05, 3.63) is 58.6 Å². The molecule has 1 aliphatic rings. The summed E-state index contributed by atoms with van der Waals surface area (Å²) in [6.45, 7) is 0. The maximum atomic E-state index is 11.5. The largest absolute Gasteiger partial charge is 0.379 e. The second kappa shape index (κ2) is 6.66. The van der Waals surface area contributed by atoms with Crippen molar-refractivity contribution < 1.29 is 13.3 Å². The average Bonchev–Trinajstić information content (AvgIpc) is 3.33. The Morgan fingerprint density at radius 2 is 1.88 bits per heavy atom. The molecule has 0 saturated heterocycles. The predicted molar refractivity (Wildman–Crippen MR) is 97.2 cm³/mol. The van der Waals surface area contributed by atoms with Gasteiger partial charge < -0.3 is 5.32 Å². The van der Waals surface area contributed by atoms with Gasteiger partial charge in [0.05, 0.1) is 4.92 Å². The third-order valence-electron chi connectivity index (χ3n) is 3.98. The number of nitro groups is 1. The molecule has 0 radical (unpaired) electrons. The Hall–Kier alpha value is -2.10. The van der Waals surface area contributed by atoms with Crippen molar-refractivity contribution in [2.75, 3.05) is 11.1 Å². The zero-order valence-electron chi connectivity index (χ0n) is 13.2. The number of nitro benzene ring substituents is 1. The van der Waals surface area contributed by atoms with Crippen molar-refractivity contribution in [3.8, 4) is 0 Å². The van der Waals surface area contributed by atoms with E-state index in [-0.39, 0.29) is 5.54 Å². The van der Waals surface area contributed by atoms with E-state index in [1.807, 2.05) is 30.3 Å². The van der Waals surface area contributed by atoms with E-state index < -0.39 is 25.5 Å². The summed E-state index contributed by atoms with van der Waals surface area (Å²) in [5.41, 5.74) is -0.124. The number of thioether (sulfide) groups is 1. The van der Waals surface area contributed by atoms with E-state index in [0.717, 1.165) is 23.5 Å². The second-order valence-electron chi connectivity index (χ2n) is 5.99. The molecule has 3 rings (SSSR count). The van der Waals surface area contributed by atoms with Crippen molar-refractivity contribution in [1.82, 2.24) is 0 Å². The first kappa shape index (κ1) is 17.7. The standard InChI is InChI=1S/C16H17N3O4S2/c17-25(22,23)15-7-6-12(10-14(15)19(20)21)18-16(8-9-16)11-24-13-4-2-1-3-5-13/h1-7,10,18H,8-9,11H2,(H2,17,22,23). The van der Waals surface area contributed by atoms with Gasteiger partial charge in [0.1, 0.15) is 0 Å². The van der Waals surface area contributed by atoms with Crippen molar-refractivity contribution in [3.63, 3.8) is 0 Å². The highest BCUT2D eigenvalue weighted by atomic mass is 32.2. The van der Waals surface area contributed by atoms with E-state index in [9.17, 15) is 18.5 Å². The molecule has 1 aliphatic carbocycles. The molecule has 132 valence electrons. The van der Waals surface area contributed by atoms with Gasteiger partial charge in [-0.2, -0.15) is 0 Å². The van der Waals surface area contributed by atoms with Gasteiger partial charge in [0, 0.05) is 27.9 Å². The maximum Gasteiger partial charge on any atom is 0.291 e. The third kappa shape index (κ3) is 4.30. The van der Waals surface area contributed by atoms with Crippen molar-refractivity contribution in [2.45, 2.75) is 28.2 Å². The van der Waals surface area contributed by atoms with E-state index in [4.69, 9.17) is 5.14 Å². The smallest absolute Gasteiger partial charge is 0.291 e. The van der Waals surface area contributed by atoms with Gasteiger partial charge in [-0.25, -0.2) is 13.6 Å². The Kier molecular flexibility index (Phi) is 4.72. The zero-order valence-corrected chi connectivity index (χ0v) is 14.8. The first-order chi connectivity index (χ1) is 11.8. The van der Waals surface area contributed by atoms with Crippen molar-refractivity contribution >= 4 is 33.2 Å². The number of anilines is 1. The summed E-state index contributed by atoms with van der Waals surface area (Å²) in [6.07, 6.45) is 1.91. The molecule has 2 aromatic rings. The fourth-order valence-corrected chi connectivity index (χ4v) is 4.32. The van der Waals surface area contributed by atoms with Crippen LogP contribution < -0.4 is 10.5 Å². The molecule has 1 saturated carbocycles. The highest BCUT2D eigenvalue weighted by Crippen LogP contribution is 2.43. The van der Waals surface area contributed by atoms with Gasteiger partial charge in [-0.1, -0.05) is 18.2 Å². The van der Waals surface area contributed by atoms with E-state index >= 15 is 0 Å². The summed E-state index contributed by atoms with van der Waals surface area (Å²) in [5.74, 6) is 0.821. The molecule has 0 spiro atoms. The lowest BCUT2D eigenvalue weighted by molar-refractivity contribution is -0.387. The number of sulfonamides is 1. The predicted octanol–water partition coefficient (Wildman–Crippen LogP) is 2.98. The quantitative estimate of drug-likeness (QED) is 0.434. The van der Waals surface area contributed by atoms with E-state index in [0.29, 0.717) is 5.69 Å². The van der Waals surface area contributed by atoms with Gasteiger partial charge in [0.2, 0.25) is 10.0 Å². The van der Waals surface area contributed by atoms with Crippen molar-refractivity contribution in [1.29, 1.82) is 0 Å². The lowest BCUT2D eigenvalue weighted by Gasteiger charge is -2.18. The monoisotopic (exact) mass is 379 g/mol. The van der Waals surface area contributed by atoms with Crippen LogP contribution in [-0.4, -0.2) is 24.6 Å². The van der Waals surface area contributed by atoms with Crippen LogP contribution in [0.2, 0.25) is 0 Å². The number of rotatable bonds is 7. The lowest BCUT2D eigenvalue weighted by Crippen LogP contribution is -2.24. The highest BCUT2D eigenvalue weighted by Gasteiger charge is 2.42.